The Bertz CT molecular complexity index is 845. The van der Waals surface area contributed by atoms with Crippen molar-refractivity contribution in [1.29, 1.82) is 0 Å². The number of aromatic nitrogens is 2. The standard InChI is InChI=1S/C25H41N7O2/c1-18(15-33-3)30-20-4-6-21(7-5-20)31-23-13-22(27-17-28-23)19-12-24(32-29-14-19)26-16-25(2)8-10-34-11-9-25/h12-14,18,20-21,27,30H,4-11,15-17H2,1-3H3,(H,26,32)(H,28,31)/t18-,20?,21?/m1/s1. The fourth-order valence-corrected chi connectivity index (χ4v) is 4.98. The van der Waals surface area contributed by atoms with Crippen LogP contribution in [-0.4, -0.2) is 74.3 Å². The molecule has 1 aliphatic carbocycles. The molecule has 2 fully saturated rings. The molecule has 0 radical (unpaired) electrons. The minimum atomic E-state index is 0.235. The second-order valence-electron chi connectivity index (χ2n) is 10.3. The largest absolute Gasteiger partial charge is 0.383 e. The second kappa shape index (κ2) is 12.0. The molecule has 188 valence electrons. The van der Waals surface area contributed by atoms with E-state index in [1.54, 1.807) is 13.3 Å². The number of methoxy groups -OCH3 is 1. The van der Waals surface area contributed by atoms with Gasteiger partial charge in [0.15, 0.2) is 0 Å². The van der Waals surface area contributed by atoms with E-state index in [1.165, 1.54) is 12.8 Å². The highest BCUT2D eigenvalue weighted by molar-refractivity contribution is 6.00. The van der Waals surface area contributed by atoms with Gasteiger partial charge in [-0.25, -0.2) is 4.99 Å². The van der Waals surface area contributed by atoms with Gasteiger partial charge < -0.3 is 30.7 Å². The van der Waals surface area contributed by atoms with Gasteiger partial charge >= 0.3 is 0 Å². The Morgan fingerprint density at radius 2 is 1.97 bits per heavy atom. The van der Waals surface area contributed by atoms with Gasteiger partial charge in [-0.3, -0.25) is 0 Å². The van der Waals surface area contributed by atoms with E-state index in [0.29, 0.717) is 24.8 Å². The molecule has 0 bridgehead atoms. The summed E-state index contributed by atoms with van der Waals surface area (Å²) in [5, 5.41) is 22.8. The molecule has 1 saturated carbocycles. The highest BCUT2D eigenvalue weighted by atomic mass is 16.5. The highest BCUT2D eigenvalue weighted by Gasteiger charge is 2.27. The summed E-state index contributed by atoms with van der Waals surface area (Å²) in [6, 6.07) is 3.49. The van der Waals surface area contributed by atoms with Crippen LogP contribution < -0.4 is 21.3 Å². The zero-order chi connectivity index (χ0) is 23.8. The Hall–Kier alpha value is -2.23. The number of ether oxygens (including phenoxy) is 2. The Kier molecular flexibility index (Phi) is 8.74. The van der Waals surface area contributed by atoms with E-state index in [1.807, 2.05) is 0 Å². The molecule has 0 aromatic carbocycles. The van der Waals surface area contributed by atoms with E-state index >= 15 is 0 Å². The molecular weight excluding hydrogens is 430 g/mol. The van der Waals surface area contributed by atoms with E-state index < -0.39 is 0 Å². The van der Waals surface area contributed by atoms with E-state index in [4.69, 9.17) is 9.47 Å². The fourth-order valence-electron chi connectivity index (χ4n) is 4.98. The third-order valence-electron chi connectivity index (χ3n) is 7.18. The number of rotatable bonds is 9. The predicted octanol–water partition coefficient (Wildman–Crippen LogP) is 2.53. The van der Waals surface area contributed by atoms with Crippen LogP contribution in [0, 0.1) is 5.41 Å². The van der Waals surface area contributed by atoms with Crippen molar-refractivity contribution in [2.75, 3.05) is 45.5 Å². The topological polar surface area (TPSA) is 105 Å². The zero-order valence-electron chi connectivity index (χ0n) is 20.9. The van der Waals surface area contributed by atoms with Crippen LogP contribution in [0.15, 0.2) is 23.3 Å². The number of hydrogen-bond donors (Lipinski definition) is 4. The number of hydrogen-bond acceptors (Lipinski definition) is 9. The molecule has 1 aromatic heterocycles. The lowest BCUT2D eigenvalue weighted by atomic mass is 9.82. The third-order valence-corrected chi connectivity index (χ3v) is 7.18. The summed E-state index contributed by atoms with van der Waals surface area (Å²) in [5.41, 5.74) is 2.28. The summed E-state index contributed by atoms with van der Waals surface area (Å²) >= 11 is 0. The van der Waals surface area contributed by atoms with Gasteiger partial charge in [-0.15, -0.1) is 5.10 Å². The van der Waals surface area contributed by atoms with E-state index in [-0.39, 0.29) is 5.41 Å². The van der Waals surface area contributed by atoms with Crippen molar-refractivity contribution in [2.45, 2.75) is 70.5 Å². The molecule has 4 N–H and O–H groups in total. The average molecular weight is 472 g/mol. The lowest BCUT2D eigenvalue weighted by Crippen LogP contribution is -2.45. The van der Waals surface area contributed by atoms with E-state index in [9.17, 15) is 0 Å². The van der Waals surface area contributed by atoms with Crippen LogP contribution in [0.25, 0.3) is 5.70 Å². The number of nitrogens with zero attached hydrogens (tertiary/aromatic N) is 3. The van der Waals surface area contributed by atoms with Crippen LogP contribution >= 0.6 is 0 Å². The smallest absolute Gasteiger partial charge is 0.149 e. The van der Waals surface area contributed by atoms with Gasteiger partial charge in [0, 0.05) is 62.3 Å². The number of nitrogens with one attached hydrogen (secondary N) is 4. The second-order valence-corrected chi connectivity index (χ2v) is 10.3. The minimum absolute atomic E-state index is 0.235. The summed E-state index contributed by atoms with van der Waals surface area (Å²) in [7, 11) is 1.76. The van der Waals surface area contributed by atoms with Gasteiger partial charge in [-0.1, -0.05) is 6.92 Å². The molecule has 1 saturated heterocycles. The Balaban J connectivity index is 1.29. The first kappa shape index (κ1) is 24.9. The Morgan fingerprint density at radius 3 is 2.74 bits per heavy atom. The van der Waals surface area contributed by atoms with Gasteiger partial charge in [-0.2, -0.15) is 5.10 Å². The third kappa shape index (κ3) is 7.13. The van der Waals surface area contributed by atoms with Gasteiger partial charge in [0.05, 0.1) is 12.8 Å². The maximum atomic E-state index is 5.51. The first-order chi connectivity index (χ1) is 16.5. The summed E-state index contributed by atoms with van der Waals surface area (Å²) in [5.74, 6) is 1.75. The first-order valence-corrected chi connectivity index (χ1v) is 12.7. The molecule has 34 heavy (non-hydrogen) atoms. The maximum absolute atomic E-state index is 5.51. The quantitative estimate of drug-likeness (QED) is 0.436. The van der Waals surface area contributed by atoms with Crippen molar-refractivity contribution < 1.29 is 9.47 Å². The maximum Gasteiger partial charge on any atom is 0.149 e. The first-order valence-electron chi connectivity index (χ1n) is 12.7. The predicted molar refractivity (Wildman–Crippen MR) is 136 cm³/mol. The zero-order valence-corrected chi connectivity index (χ0v) is 20.9. The molecule has 3 aliphatic rings. The SMILES string of the molecule is COC[C@@H](C)NC1CCC(NC2=NCNC(c3cnnc(NCC4(C)CCOCC4)c3)=C2)CC1. The van der Waals surface area contributed by atoms with Gasteiger partial charge in [0.1, 0.15) is 18.3 Å². The average Bonchev–Trinajstić information content (AvgIpc) is 2.85. The molecule has 0 spiro atoms. The molecule has 2 aliphatic heterocycles. The van der Waals surface area contributed by atoms with Crippen molar-refractivity contribution in [2.24, 2.45) is 10.4 Å². The van der Waals surface area contributed by atoms with Crippen LogP contribution in [0.5, 0.6) is 0 Å². The van der Waals surface area contributed by atoms with Gasteiger partial charge in [-0.05, 0) is 56.9 Å². The van der Waals surface area contributed by atoms with Crippen molar-refractivity contribution in [3.63, 3.8) is 0 Å². The summed E-state index contributed by atoms with van der Waals surface area (Å²) in [4.78, 5) is 4.64. The molecule has 0 unspecified atom stereocenters. The molecular formula is C25H41N7O2. The lowest BCUT2D eigenvalue weighted by molar-refractivity contribution is 0.0299. The van der Waals surface area contributed by atoms with Crippen LogP contribution in [0.2, 0.25) is 0 Å². The molecule has 1 aromatic rings. The molecule has 3 heterocycles. The van der Waals surface area contributed by atoms with Crippen molar-refractivity contribution in [3.05, 3.63) is 23.9 Å². The monoisotopic (exact) mass is 471 g/mol. The fraction of sp³-hybridized carbons (Fsp3) is 0.720. The van der Waals surface area contributed by atoms with Crippen LogP contribution in [0.4, 0.5) is 5.82 Å². The molecule has 4 rings (SSSR count). The van der Waals surface area contributed by atoms with Crippen LogP contribution in [0.3, 0.4) is 0 Å². The minimum Gasteiger partial charge on any atom is -0.383 e. The van der Waals surface area contributed by atoms with Crippen molar-refractivity contribution in [3.8, 4) is 0 Å². The Morgan fingerprint density at radius 1 is 1.21 bits per heavy atom. The van der Waals surface area contributed by atoms with Crippen LogP contribution in [-0.2, 0) is 9.47 Å². The van der Waals surface area contributed by atoms with E-state index in [0.717, 1.165) is 75.0 Å². The normalized spacial score (nSPS) is 25.5. The van der Waals surface area contributed by atoms with Crippen molar-refractivity contribution >= 4 is 17.4 Å². The highest BCUT2D eigenvalue weighted by Crippen LogP contribution is 2.30. The number of anilines is 1. The summed E-state index contributed by atoms with van der Waals surface area (Å²) < 4.78 is 10.8. The lowest BCUT2D eigenvalue weighted by Gasteiger charge is -2.33. The number of amidine groups is 1. The van der Waals surface area contributed by atoms with E-state index in [2.05, 4.69) is 62.4 Å². The Labute approximate surface area is 203 Å². The number of aliphatic imine (C=N–C) groups is 1. The summed E-state index contributed by atoms with van der Waals surface area (Å²) in [6.45, 7) is 8.35. The molecule has 0 amide bonds. The molecule has 9 heteroatoms. The summed E-state index contributed by atoms with van der Waals surface area (Å²) in [6.07, 6.45) is 10.6. The van der Waals surface area contributed by atoms with Crippen molar-refractivity contribution in [1.82, 2.24) is 26.1 Å². The molecule has 1 atom stereocenters. The van der Waals surface area contributed by atoms with Gasteiger partial charge in [0.2, 0.25) is 0 Å². The van der Waals surface area contributed by atoms with Gasteiger partial charge in [0.25, 0.3) is 0 Å². The van der Waals surface area contributed by atoms with Crippen LogP contribution in [0.1, 0.15) is 57.9 Å². The molecule has 9 nitrogen and oxygen atoms in total.